The van der Waals surface area contributed by atoms with Crippen molar-refractivity contribution in [2.45, 2.75) is 45.7 Å². The van der Waals surface area contributed by atoms with Gasteiger partial charge in [-0.25, -0.2) is 0 Å². The largest absolute Gasteiger partial charge is 0.324 e. The molecule has 3 atom stereocenters. The number of hydrogen-bond acceptors (Lipinski definition) is 2. The van der Waals surface area contributed by atoms with Gasteiger partial charge in [-0.05, 0) is 31.9 Å². The molecule has 2 nitrogen and oxygen atoms in total. The molecule has 0 aliphatic rings. The minimum Gasteiger partial charge on any atom is -0.324 e. The Labute approximate surface area is 112 Å². The Kier molecular flexibility index (Phi) is 6.37. The molecule has 0 bridgehead atoms. The Balaban J connectivity index is 2.52. The summed E-state index contributed by atoms with van der Waals surface area (Å²) in [4.78, 5) is 2.43. The quantitative estimate of drug-likeness (QED) is 0.801. The molecule has 18 heavy (non-hydrogen) atoms. The van der Waals surface area contributed by atoms with E-state index in [0.29, 0.717) is 12.0 Å². The number of benzene rings is 1. The highest BCUT2D eigenvalue weighted by molar-refractivity contribution is 5.19. The van der Waals surface area contributed by atoms with Crippen molar-refractivity contribution in [3.8, 4) is 0 Å². The van der Waals surface area contributed by atoms with Crippen molar-refractivity contribution in [2.75, 3.05) is 13.6 Å². The molecule has 1 aromatic carbocycles. The van der Waals surface area contributed by atoms with E-state index < -0.39 is 0 Å². The molecule has 0 saturated heterocycles. The Morgan fingerprint density at radius 3 is 2.33 bits per heavy atom. The lowest BCUT2D eigenvalue weighted by Gasteiger charge is -2.30. The lowest BCUT2D eigenvalue weighted by atomic mass is 9.94. The van der Waals surface area contributed by atoms with Crippen LogP contribution in [0.1, 0.15) is 45.2 Å². The van der Waals surface area contributed by atoms with Crippen molar-refractivity contribution in [3.63, 3.8) is 0 Å². The van der Waals surface area contributed by atoms with Gasteiger partial charge in [-0.3, -0.25) is 0 Å². The Morgan fingerprint density at radius 2 is 1.78 bits per heavy atom. The molecule has 0 spiro atoms. The predicted octanol–water partition coefficient (Wildman–Crippen LogP) is 3.44. The monoisotopic (exact) mass is 248 g/mol. The van der Waals surface area contributed by atoms with Crippen LogP contribution < -0.4 is 5.73 Å². The first-order valence-electron chi connectivity index (χ1n) is 7.07. The summed E-state index contributed by atoms with van der Waals surface area (Å²) in [5.41, 5.74) is 7.57. The lowest BCUT2D eigenvalue weighted by Crippen LogP contribution is -2.36. The van der Waals surface area contributed by atoms with Crippen molar-refractivity contribution in [1.82, 2.24) is 4.90 Å². The Hall–Kier alpha value is -0.860. The average Bonchev–Trinajstić information content (AvgIpc) is 2.39. The van der Waals surface area contributed by atoms with Crippen LogP contribution in [0.5, 0.6) is 0 Å². The van der Waals surface area contributed by atoms with Gasteiger partial charge in [0.1, 0.15) is 0 Å². The summed E-state index contributed by atoms with van der Waals surface area (Å²) in [6.45, 7) is 7.83. The summed E-state index contributed by atoms with van der Waals surface area (Å²) < 4.78 is 0. The van der Waals surface area contributed by atoms with Gasteiger partial charge in [-0.15, -0.1) is 0 Å². The molecule has 3 unspecified atom stereocenters. The van der Waals surface area contributed by atoms with Crippen LogP contribution >= 0.6 is 0 Å². The maximum Gasteiger partial charge on any atom is 0.0333 e. The third kappa shape index (κ3) is 4.43. The first kappa shape index (κ1) is 15.2. The van der Waals surface area contributed by atoms with Gasteiger partial charge in [0.15, 0.2) is 0 Å². The zero-order valence-corrected chi connectivity index (χ0v) is 12.3. The summed E-state index contributed by atoms with van der Waals surface area (Å²) in [5.74, 6) is 0.469. The van der Waals surface area contributed by atoms with E-state index in [9.17, 15) is 0 Å². The van der Waals surface area contributed by atoms with E-state index in [2.05, 4.69) is 57.0 Å². The Morgan fingerprint density at radius 1 is 1.17 bits per heavy atom. The molecule has 2 heteroatoms. The molecule has 0 saturated carbocycles. The third-order valence-electron chi connectivity index (χ3n) is 3.83. The normalized spacial score (nSPS) is 16.6. The standard InChI is InChI=1S/C16H28N2/c1-5-9-14(3)18(4)12-13(2)16(17)15-10-7-6-8-11-15/h6-8,10-11,13-14,16H,5,9,12,17H2,1-4H3. The van der Waals surface area contributed by atoms with Gasteiger partial charge >= 0.3 is 0 Å². The minimum absolute atomic E-state index is 0.127. The molecule has 0 aromatic heterocycles. The fourth-order valence-electron chi connectivity index (χ4n) is 2.39. The zero-order valence-electron chi connectivity index (χ0n) is 12.3. The van der Waals surface area contributed by atoms with Crippen molar-refractivity contribution >= 4 is 0 Å². The molecule has 0 radical (unpaired) electrons. The van der Waals surface area contributed by atoms with Gasteiger partial charge in [0.2, 0.25) is 0 Å². The smallest absolute Gasteiger partial charge is 0.0333 e. The van der Waals surface area contributed by atoms with Crippen LogP contribution in [0.15, 0.2) is 30.3 Å². The topological polar surface area (TPSA) is 29.3 Å². The van der Waals surface area contributed by atoms with Crippen LogP contribution in [0.25, 0.3) is 0 Å². The second-order valence-corrected chi connectivity index (χ2v) is 5.49. The number of nitrogens with zero attached hydrogens (tertiary/aromatic N) is 1. The molecule has 0 amide bonds. The predicted molar refractivity (Wildman–Crippen MR) is 79.5 cm³/mol. The summed E-state index contributed by atoms with van der Waals surface area (Å²) >= 11 is 0. The number of nitrogens with two attached hydrogens (primary N) is 1. The zero-order chi connectivity index (χ0) is 13.5. The van der Waals surface area contributed by atoms with E-state index >= 15 is 0 Å². The molecule has 102 valence electrons. The molecule has 0 aliphatic carbocycles. The lowest BCUT2D eigenvalue weighted by molar-refractivity contribution is 0.201. The van der Waals surface area contributed by atoms with Gasteiger partial charge in [-0.2, -0.15) is 0 Å². The summed E-state index contributed by atoms with van der Waals surface area (Å²) in [6.07, 6.45) is 2.49. The third-order valence-corrected chi connectivity index (χ3v) is 3.83. The first-order valence-corrected chi connectivity index (χ1v) is 7.07. The van der Waals surface area contributed by atoms with E-state index in [4.69, 9.17) is 5.73 Å². The summed E-state index contributed by atoms with van der Waals surface area (Å²) in [6, 6.07) is 11.2. The molecule has 0 heterocycles. The van der Waals surface area contributed by atoms with Crippen LogP contribution in [0.3, 0.4) is 0 Å². The van der Waals surface area contributed by atoms with Crippen LogP contribution in [0.4, 0.5) is 0 Å². The van der Waals surface area contributed by atoms with Gasteiger partial charge in [0.05, 0.1) is 0 Å². The van der Waals surface area contributed by atoms with Crippen molar-refractivity contribution < 1.29 is 0 Å². The average molecular weight is 248 g/mol. The van der Waals surface area contributed by atoms with Gasteiger partial charge < -0.3 is 10.6 Å². The van der Waals surface area contributed by atoms with E-state index in [1.165, 1.54) is 18.4 Å². The fraction of sp³-hybridized carbons (Fsp3) is 0.625. The van der Waals surface area contributed by atoms with Crippen molar-refractivity contribution in [1.29, 1.82) is 0 Å². The molecule has 0 aliphatic heterocycles. The van der Waals surface area contributed by atoms with Crippen molar-refractivity contribution in [2.24, 2.45) is 11.7 Å². The second kappa shape index (κ2) is 7.55. The number of rotatable bonds is 7. The van der Waals surface area contributed by atoms with Crippen LogP contribution in [0.2, 0.25) is 0 Å². The van der Waals surface area contributed by atoms with Crippen LogP contribution in [0, 0.1) is 5.92 Å². The SMILES string of the molecule is CCCC(C)N(C)CC(C)C(N)c1ccccc1. The van der Waals surface area contributed by atoms with Gasteiger partial charge in [0, 0.05) is 18.6 Å². The maximum atomic E-state index is 6.33. The maximum absolute atomic E-state index is 6.33. The van der Waals surface area contributed by atoms with Gasteiger partial charge in [0.25, 0.3) is 0 Å². The van der Waals surface area contributed by atoms with E-state index in [0.717, 1.165) is 6.54 Å². The summed E-state index contributed by atoms with van der Waals surface area (Å²) in [7, 11) is 2.20. The Bertz CT molecular complexity index is 323. The minimum atomic E-state index is 0.127. The highest BCUT2D eigenvalue weighted by Gasteiger charge is 2.18. The van der Waals surface area contributed by atoms with E-state index in [1.807, 2.05) is 6.07 Å². The molecule has 1 aromatic rings. The highest BCUT2D eigenvalue weighted by Crippen LogP contribution is 2.20. The molecular weight excluding hydrogens is 220 g/mol. The van der Waals surface area contributed by atoms with Gasteiger partial charge in [-0.1, -0.05) is 50.6 Å². The van der Waals surface area contributed by atoms with E-state index in [-0.39, 0.29) is 6.04 Å². The number of hydrogen-bond donors (Lipinski definition) is 1. The fourth-order valence-corrected chi connectivity index (χ4v) is 2.39. The molecular formula is C16H28N2. The van der Waals surface area contributed by atoms with Crippen molar-refractivity contribution in [3.05, 3.63) is 35.9 Å². The van der Waals surface area contributed by atoms with Crippen LogP contribution in [-0.4, -0.2) is 24.5 Å². The highest BCUT2D eigenvalue weighted by atomic mass is 15.1. The summed E-state index contributed by atoms with van der Waals surface area (Å²) in [5, 5.41) is 0. The first-order chi connectivity index (χ1) is 8.56. The molecule has 1 rings (SSSR count). The second-order valence-electron chi connectivity index (χ2n) is 5.49. The molecule has 2 N–H and O–H groups in total. The molecule has 0 fully saturated rings. The van der Waals surface area contributed by atoms with Crippen LogP contribution in [-0.2, 0) is 0 Å². The van der Waals surface area contributed by atoms with E-state index in [1.54, 1.807) is 0 Å².